The van der Waals surface area contributed by atoms with Gasteiger partial charge in [-0.1, -0.05) is 51.1 Å². The number of benzene rings is 1. The van der Waals surface area contributed by atoms with Crippen molar-refractivity contribution in [2.75, 3.05) is 11.9 Å². The van der Waals surface area contributed by atoms with Gasteiger partial charge in [-0.15, -0.1) is 11.3 Å². The van der Waals surface area contributed by atoms with E-state index in [1.54, 1.807) is 0 Å². The van der Waals surface area contributed by atoms with Crippen LogP contribution in [0.15, 0.2) is 35.7 Å². The number of aromatic nitrogens is 1. The molecule has 0 saturated heterocycles. The van der Waals surface area contributed by atoms with Gasteiger partial charge >= 0.3 is 6.03 Å². The van der Waals surface area contributed by atoms with E-state index in [0.717, 1.165) is 12.1 Å². The lowest BCUT2D eigenvalue weighted by Crippen LogP contribution is -2.30. The van der Waals surface area contributed by atoms with Gasteiger partial charge in [0.25, 0.3) is 0 Å². The summed E-state index contributed by atoms with van der Waals surface area (Å²) in [5.41, 5.74) is 2.20. The summed E-state index contributed by atoms with van der Waals surface area (Å²) in [4.78, 5) is 16.2. The van der Waals surface area contributed by atoms with E-state index in [1.807, 2.05) is 23.6 Å². The quantitative estimate of drug-likeness (QED) is 0.902. The Hall–Kier alpha value is -1.88. The van der Waals surface area contributed by atoms with Crippen LogP contribution in [0, 0.1) is 0 Å². The van der Waals surface area contributed by atoms with Crippen LogP contribution in [0.2, 0.25) is 0 Å². The largest absolute Gasteiger partial charge is 0.337 e. The Kier molecular flexibility index (Phi) is 4.96. The molecule has 0 fully saturated rings. The van der Waals surface area contributed by atoms with Gasteiger partial charge in [0, 0.05) is 17.3 Å². The first kappa shape index (κ1) is 15.5. The highest BCUT2D eigenvalue weighted by Gasteiger charge is 2.17. The van der Waals surface area contributed by atoms with Gasteiger partial charge in [0.05, 0.1) is 5.69 Å². The first-order valence-electron chi connectivity index (χ1n) is 7.00. The van der Waals surface area contributed by atoms with Crippen LogP contribution < -0.4 is 10.6 Å². The third-order valence-electron chi connectivity index (χ3n) is 3.04. The van der Waals surface area contributed by atoms with Crippen molar-refractivity contribution in [1.29, 1.82) is 0 Å². The number of anilines is 1. The molecule has 0 radical (unpaired) electrons. The molecule has 2 amide bonds. The van der Waals surface area contributed by atoms with Crippen LogP contribution in [0.5, 0.6) is 0 Å². The molecule has 0 unspecified atom stereocenters. The number of carbonyl (C=O) groups is 1. The monoisotopic (exact) mass is 303 g/mol. The van der Waals surface area contributed by atoms with Gasteiger partial charge in [-0.05, 0) is 12.0 Å². The number of hydrogen-bond acceptors (Lipinski definition) is 3. The number of amides is 2. The highest BCUT2D eigenvalue weighted by Crippen LogP contribution is 2.26. The second-order valence-corrected chi connectivity index (χ2v) is 6.76. The Bertz CT molecular complexity index is 587. The molecule has 0 atom stereocenters. The van der Waals surface area contributed by atoms with Crippen molar-refractivity contribution in [3.63, 3.8) is 0 Å². The average Bonchev–Trinajstić information content (AvgIpc) is 2.88. The van der Waals surface area contributed by atoms with E-state index in [-0.39, 0.29) is 11.4 Å². The maximum absolute atomic E-state index is 11.8. The minimum absolute atomic E-state index is 0.000214. The van der Waals surface area contributed by atoms with Crippen molar-refractivity contribution in [1.82, 2.24) is 10.3 Å². The van der Waals surface area contributed by atoms with Crippen molar-refractivity contribution in [3.05, 3.63) is 47.0 Å². The van der Waals surface area contributed by atoms with Crippen molar-refractivity contribution in [2.24, 2.45) is 0 Å². The number of thiazole rings is 1. The molecular formula is C16H21N3OS. The number of rotatable bonds is 4. The molecule has 0 aliphatic rings. The van der Waals surface area contributed by atoms with Crippen LogP contribution in [-0.4, -0.2) is 17.6 Å². The van der Waals surface area contributed by atoms with Crippen LogP contribution in [0.4, 0.5) is 9.93 Å². The van der Waals surface area contributed by atoms with Crippen molar-refractivity contribution in [2.45, 2.75) is 32.6 Å². The molecule has 0 aliphatic carbocycles. The SMILES string of the molecule is CC(C)(C)c1csc(NC(=O)NCCc2ccccc2)n1. The molecule has 1 aromatic carbocycles. The summed E-state index contributed by atoms with van der Waals surface area (Å²) in [6.07, 6.45) is 0.819. The highest BCUT2D eigenvalue weighted by molar-refractivity contribution is 7.13. The van der Waals surface area contributed by atoms with Crippen molar-refractivity contribution < 1.29 is 4.79 Å². The average molecular weight is 303 g/mol. The van der Waals surface area contributed by atoms with E-state index in [4.69, 9.17) is 0 Å². The van der Waals surface area contributed by atoms with Gasteiger partial charge in [0.1, 0.15) is 0 Å². The number of hydrogen-bond donors (Lipinski definition) is 2. The maximum Gasteiger partial charge on any atom is 0.321 e. The smallest absolute Gasteiger partial charge is 0.321 e. The summed E-state index contributed by atoms with van der Waals surface area (Å²) >= 11 is 1.45. The molecule has 1 heterocycles. The predicted octanol–water partition coefficient (Wildman–Crippen LogP) is 3.80. The fourth-order valence-corrected chi connectivity index (χ4v) is 2.71. The lowest BCUT2D eigenvalue weighted by atomic mass is 9.93. The molecular weight excluding hydrogens is 282 g/mol. The van der Waals surface area contributed by atoms with Gasteiger partial charge in [-0.3, -0.25) is 5.32 Å². The number of carbonyl (C=O) groups excluding carboxylic acids is 1. The van der Waals surface area contributed by atoms with Crippen LogP contribution >= 0.6 is 11.3 Å². The molecule has 21 heavy (non-hydrogen) atoms. The Morgan fingerprint density at radius 1 is 1.24 bits per heavy atom. The molecule has 2 N–H and O–H groups in total. The van der Waals surface area contributed by atoms with Crippen LogP contribution in [0.3, 0.4) is 0 Å². The van der Waals surface area contributed by atoms with E-state index >= 15 is 0 Å². The van der Waals surface area contributed by atoms with Crippen LogP contribution in [-0.2, 0) is 11.8 Å². The third kappa shape index (κ3) is 4.86. The number of nitrogens with one attached hydrogen (secondary N) is 2. The van der Waals surface area contributed by atoms with Gasteiger partial charge < -0.3 is 5.32 Å². The third-order valence-corrected chi connectivity index (χ3v) is 3.79. The topological polar surface area (TPSA) is 54.0 Å². The normalized spacial score (nSPS) is 11.2. The summed E-state index contributed by atoms with van der Waals surface area (Å²) in [7, 11) is 0. The second kappa shape index (κ2) is 6.72. The molecule has 1 aromatic heterocycles. The number of urea groups is 1. The second-order valence-electron chi connectivity index (χ2n) is 5.90. The number of nitrogens with zero attached hydrogens (tertiary/aromatic N) is 1. The van der Waals surface area contributed by atoms with Gasteiger partial charge in [0.2, 0.25) is 0 Å². The van der Waals surface area contributed by atoms with Crippen molar-refractivity contribution in [3.8, 4) is 0 Å². The molecule has 2 aromatic rings. The zero-order chi connectivity index (χ0) is 15.3. The molecule has 2 rings (SSSR count). The fraction of sp³-hybridized carbons (Fsp3) is 0.375. The van der Waals surface area contributed by atoms with E-state index in [2.05, 4.69) is 48.5 Å². The molecule has 0 saturated carbocycles. The zero-order valence-electron chi connectivity index (χ0n) is 12.6. The Morgan fingerprint density at radius 3 is 2.57 bits per heavy atom. The lowest BCUT2D eigenvalue weighted by Gasteiger charge is -2.14. The van der Waals surface area contributed by atoms with E-state index < -0.39 is 0 Å². The molecule has 5 heteroatoms. The zero-order valence-corrected chi connectivity index (χ0v) is 13.5. The summed E-state index contributed by atoms with van der Waals surface area (Å²) < 4.78 is 0. The van der Waals surface area contributed by atoms with Crippen LogP contribution in [0.1, 0.15) is 32.0 Å². The molecule has 4 nitrogen and oxygen atoms in total. The highest BCUT2D eigenvalue weighted by atomic mass is 32.1. The Labute approximate surface area is 129 Å². The summed E-state index contributed by atoms with van der Waals surface area (Å²) in [5.74, 6) is 0. The lowest BCUT2D eigenvalue weighted by molar-refractivity contribution is 0.252. The summed E-state index contributed by atoms with van der Waals surface area (Å²) in [6.45, 7) is 6.91. The Morgan fingerprint density at radius 2 is 1.95 bits per heavy atom. The van der Waals surface area contributed by atoms with Gasteiger partial charge in [-0.25, -0.2) is 9.78 Å². The van der Waals surface area contributed by atoms with Gasteiger partial charge in [-0.2, -0.15) is 0 Å². The summed E-state index contributed by atoms with van der Waals surface area (Å²) in [6, 6.07) is 9.88. The first-order valence-corrected chi connectivity index (χ1v) is 7.88. The van der Waals surface area contributed by atoms with Crippen molar-refractivity contribution >= 4 is 22.5 Å². The molecule has 0 aliphatic heterocycles. The molecule has 0 bridgehead atoms. The molecule has 0 spiro atoms. The minimum atomic E-state index is -0.208. The first-order chi connectivity index (χ1) is 9.95. The van der Waals surface area contributed by atoms with Gasteiger partial charge in [0.15, 0.2) is 5.13 Å². The minimum Gasteiger partial charge on any atom is -0.337 e. The molecule has 112 valence electrons. The van der Waals surface area contributed by atoms with E-state index in [9.17, 15) is 4.79 Å². The standard InChI is InChI=1S/C16H21N3OS/c1-16(2,3)13-11-21-15(18-13)19-14(20)17-10-9-12-7-5-4-6-8-12/h4-8,11H,9-10H2,1-3H3,(H2,17,18,19,20). The maximum atomic E-state index is 11.8. The fourth-order valence-electron chi connectivity index (χ4n) is 1.78. The Balaban J connectivity index is 1.78. The van der Waals surface area contributed by atoms with E-state index in [0.29, 0.717) is 11.7 Å². The predicted molar refractivity (Wildman–Crippen MR) is 88.0 cm³/mol. The van der Waals surface area contributed by atoms with Crippen LogP contribution in [0.25, 0.3) is 0 Å². The van der Waals surface area contributed by atoms with E-state index in [1.165, 1.54) is 16.9 Å². The summed E-state index contributed by atoms with van der Waals surface area (Å²) in [5, 5.41) is 8.24.